The Morgan fingerprint density at radius 2 is 2.07 bits per heavy atom. The van der Waals surface area contributed by atoms with Crippen LogP contribution in [0.25, 0.3) is 11.0 Å². The lowest BCUT2D eigenvalue weighted by Crippen LogP contribution is -2.46. The number of aliphatic hydroxyl groups is 2. The molecule has 0 spiro atoms. The number of aryl methyl sites for hydroxylation is 1. The molecule has 1 unspecified atom stereocenters. The summed E-state index contributed by atoms with van der Waals surface area (Å²) in [7, 11) is 0. The molecule has 3 aromatic rings. The van der Waals surface area contributed by atoms with Crippen LogP contribution < -0.4 is 0 Å². The summed E-state index contributed by atoms with van der Waals surface area (Å²) < 4.78 is 14.0. The molecule has 2 N–H and O–H groups in total. The van der Waals surface area contributed by atoms with Crippen molar-refractivity contribution in [2.24, 2.45) is 0 Å². The van der Waals surface area contributed by atoms with E-state index in [2.05, 4.69) is 9.97 Å². The zero-order chi connectivity index (χ0) is 19.3. The van der Waals surface area contributed by atoms with Crippen LogP contribution in [0.5, 0.6) is 0 Å². The van der Waals surface area contributed by atoms with Crippen LogP contribution in [-0.4, -0.2) is 48.7 Å². The quantitative estimate of drug-likeness (QED) is 0.720. The van der Waals surface area contributed by atoms with Crippen LogP contribution >= 0.6 is 0 Å². The van der Waals surface area contributed by atoms with Crippen LogP contribution in [0.3, 0.4) is 0 Å². The number of hydrogen-bond donors (Lipinski definition) is 2. The van der Waals surface area contributed by atoms with Gasteiger partial charge in [0.05, 0.1) is 18.4 Å². The second kappa shape index (κ2) is 6.63. The molecule has 1 saturated heterocycles. The summed E-state index contributed by atoms with van der Waals surface area (Å²) in [5, 5.41) is 23.0. The highest BCUT2D eigenvalue weighted by Crippen LogP contribution is 2.48. The molecule has 1 aliphatic carbocycles. The average Bonchev–Trinajstić information content (AvgIpc) is 3.34. The smallest absolute Gasteiger partial charge is 0.164 e. The Kier molecular flexibility index (Phi) is 4.21. The normalized spacial score (nSPS) is 32.1. The monoisotopic (exact) mass is 381 g/mol. The van der Waals surface area contributed by atoms with E-state index in [0.717, 1.165) is 16.6 Å². The van der Waals surface area contributed by atoms with Crippen LogP contribution in [-0.2, 0) is 16.1 Å². The number of aromatic nitrogens is 3. The van der Waals surface area contributed by atoms with E-state index < -0.39 is 24.0 Å². The summed E-state index contributed by atoms with van der Waals surface area (Å²) in [6.07, 6.45) is 1.76. The van der Waals surface area contributed by atoms with Gasteiger partial charge in [-0.15, -0.1) is 0 Å². The van der Waals surface area contributed by atoms with Gasteiger partial charge in [-0.3, -0.25) is 0 Å². The van der Waals surface area contributed by atoms with E-state index in [1.807, 2.05) is 49.5 Å². The predicted molar refractivity (Wildman–Crippen MR) is 101 cm³/mol. The number of rotatable bonds is 4. The molecule has 146 valence electrons. The second-order valence-electron chi connectivity index (χ2n) is 7.68. The number of hydrogen-bond acceptors (Lipinski definition) is 6. The fourth-order valence-electron chi connectivity index (χ4n) is 4.45. The van der Waals surface area contributed by atoms with Gasteiger partial charge < -0.3 is 24.3 Å². The number of ether oxygens (including phenoxy) is 2. The van der Waals surface area contributed by atoms with E-state index in [4.69, 9.17) is 9.47 Å². The van der Waals surface area contributed by atoms with Crippen LogP contribution in [0.15, 0.2) is 48.9 Å². The molecular weight excluding hydrogens is 358 g/mol. The fourth-order valence-corrected chi connectivity index (χ4v) is 4.45. The molecule has 1 saturated carbocycles. The van der Waals surface area contributed by atoms with Crippen LogP contribution in [0.1, 0.15) is 30.3 Å². The second-order valence-corrected chi connectivity index (χ2v) is 7.68. The van der Waals surface area contributed by atoms with Gasteiger partial charge in [0.15, 0.2) is 6.23 Å². The van der Waals surface area contributed by atoms with Crippen molar-refractivity contribution in [2.75, 3.05) is 0 Å². The summed E-state index contributed by atoms with van der Waals surface area (Å²) in [4.78, 5) is 8.55. The summed E-state index contributed by atoms with van der Waals surface area (Å²) in [6.45, 7) is 2.36. The third-order valence-corrected chi connectivity index (χ3v) is 6.02. The van der Waals surface area contributed by atoms with Gasteiger partial charge in [-0.1, -0.05) is 30.3 Å². The Morgan fingerprint density at radius 1 is 1.25 bits per heavy atom. The molecule has 2 aliphatic rings. The standard InChI is InChI=1S/C21H23N3O4/c1-13-15-8-10-24(19(15)23-12-22-13)20-17(25)21(26)9-7-16(18(21)28-20)27-11-14-5-3-2-4-6-14/h2-6,8,10,12,16-18,20,25-26H,7,9,11H2,1H3/t16-,17?,18-,20-,21+/m1/s1. The van der Waals surface area contributed by atoms with E-state index in [1.165, 1.54) is 6.33 Å². The summed E-state index contributed by atoms with van der Waals surface area (Å²) in [5.41, 5.74) is 1.28. The van der Waals surface area contributed by atoms with Crippen molar-refractivity contribution >= 4 is 11.0 Å². The van der Waals surface area contributed by atoms with E-state index >= 15 is 0 Å². The zero-order valence-corrected chi connectivity index (χ0v) is 15.6. The highest BCUT2D eigenvalue weighted by Gasteiger charge is 2.62. The highest BCUT2D eigenvalue weighted by molar-refractivity contribution is 5.78. The van der Waals surface area contributed by atoms with E-state index in [0.29, 0.717) is 25.1 Å². The van der Waals surface area contributed by atoms with Crippen molar-refractivity contribution in [1.29, 1.82) is 0 Å². The molecule has 5 rings (SSSR count). The molecule has 0 radical (unpaired) electrons. The summed E-state index contributed by atoms with van der Waals surface area (Å²) >= 11 is 0. The molecule has 1 aromatic carbocycles. The zero-order valence-electron chi connectivity index (χ0n) is 15.6. The number of nitrogens with zero attached hydrogens (tertiary/aromatic N) is 3. The molecule has 0 bridgehead atoms. The first-order chi connectivity index (χ1) is 13.6. The van der Waals surface area contributed by atoms with Gasteiger partial charge >= 0.3 is 0 Å². The minimum atomic E-state index is -1.33. The number of benzene rings is 1. The molecular formula is C21H23N3O4. The summed E-state index contributed by atoms with van der Waals surface area (Å²) in [5.74, 6) is 0. The van der Waals surface area contributed by atoms with Crippen molar-refractivity contribution < 1.29 is 19.7 Å². The molecule has 7 heteroatoms. The molecule has 28 heavy (non-hydrogen) atoms. The topological polar surface area (TPSA) is 89.6 Å². The van der Waals surface area contributed by atoms with Gasteiger partial charge in [0.2, 0.25) is 0 Å². The minimum Gasteiger partial charge on any atom is -0.385 e. The maximum absolute atomic E-state index is 11.2. The first-order valence-corrected chi connectivity index (χ1v) is 9.57. The summed E-state index contributed by atoms with van der Waals surface area (Å²) in [6, 6.07) is 11.8. The molecule has 2 aromatic heterocycles. The third kappa shape index (κ3) is 2.66. The molecule has 0 amide bonds. The van der Waals surface area contributed by atoms with Gasteiger partial charge in [0.25, 0.3) is 0 Å². The van der Waals surface area contributed by atoms with Gasteiger partial charge in [-0.2, -0.15) is 0 Å². The Balaban J connectivity index is 1.39. The Hall–Kier alpha value is -2.32. The van der Waals surface area contributed by atoms with Gasteiger partial charge in [-0.25, -0.2) is 9.97 Å². The lowest BCUT2D eigenvalue weighted by Gasteiger charge is -2.26. The first kappa shape index (κ1) is 17.8. The SMILES string of the molecule is Cc1ncnc2c1ccn2[C@@H]1O[C@@H]2[C@H](OCc3ccccc3)CC[C@]2(O)C1O. The fraction of sp³-hybridized carbons (Fsp3) is 0.429. The lowest BCUT2D eigenvalue weighted by atomic mass is 9.94. The minimum absolute atomic E-state index is 0.275. The van der Waals surface area contributed by atoms with Crippen LogP contribution in [0, 0.1) is 6.92 Å². The van der Waals surface area contributed by atoms with Crippen molar-refractivity contribution in [3.8, 4) is 0 Å². The van der Waals surface area contributed by atoms with Crippen LogP contribution in [0.4, 0.5) is 0 Å². The molecule has 3 heterocycles. The number of aliphatic hydroxyl groups excluding tert-OH is 1. The van der Waals surface area contributed by atoms with Crippen molar-refractivity contribution in [1.82, 2.24) is 14.5 Å². The number of fused-ring (bicyclic) bond motifs is 2. The van der Waals surface area contributed by atoms with Crippen LogP contribution in [0.2, 0.25) is 0 Å². The van der Waals surface area contributed by atoms with Crippen molar-refractivity contribution in [3.63, 3.8) is 0 Å². The maximum Gasteiger partial charge on any atom is 0.164 e. The van der Waals surface area contributed by atoms with Gasteiger partial charge in [0, 0.05) is 11.6 Å². The Labute approximate surface area is 162 Å². The molecule has 2 fully saturated rings. The largest absolute Gasteiger partial charge is 0.385 e. The third-order valence-electron chi connectivity index (χ3n) is 6.02. The van der Waals surface area contributed by atoms with Gasteiger partial charge in [0.1, 0.15) is 29.8 Å². The predicted octanol–water partition coefficient (Wildman–Crippen LogP) is 2.11. The highest BCUT2D eigenvalue weighted by atomic mass is 16.6. The van der Waals surface area contributed by atoms with Gasteiger partial charge in [-0.05, 0) is 31.4 Å². The molecule has 5 atom stereocenters. The lowest BCUT2D eigenvalue weighted by molar-refractivity contribution is -0.109. The van der Waals surface area contributed by atoms with E-state index in [9.17, 15) is 10.2 Å². The van der Waals surface area contributed by atoms with E-state index in [-0.39, 0.29) is 6.10 Å². The van der Waals surface area contributed by atoms with Crippen molar-refractivity contribution in [2.45, 2.75) is 56.5 Å². The first-order valence-electron chi connectivity index (χ1n) is 9.57. The maximum atomic E-state index is 11.2. The molecule has 1 aliphatic heterocycles. The Bertz CT molecular complexity index is 992. The molecule has 7 nitrogen and oxygen atoms in total. The average molecular weight is 381 g/mol. The Morgan fingerprint density at radius 3 is 2.89 bits per heavy atom. The van der Waals surface area contributed by atoms with Crippen molar-refractivity contribution in [3.05, 3.63) is 60.2 Å². The van der Waals surface area contributed by atoms with E-state index in [1.54, 1.807) is 4.57 Å².